The van der Waals surface area contributed by atoms with Gasteiger partial charge < -0.3 is 14.8 Å². The van der Waals surface area contributed by atoms with Crippen LogP contribution < -0.4 is 0 Å². The topological polar surface area (TPSA) is 75.2 Å². The van der Waals surface area contributed by atoms with Crippen LogP contribution in [0.1, 0.15) is 24.8 Å². The first-order valence-electron chi connectivity index (χ1n) is 5.57. The summed E-state index contributed by atoms with van der Waals surface area (Å²) in [6, 6.07) is 7.71. The van der Waals surface area contributed by atoms with Crippen LogP contribution in [0.25, 0.3) is 11.0 Å². The van der Waals surface area contributed by atoms with Crippen molar-refractivity contribution in [2.75, 3.05) is 0 Å². The van der Waals surface area contributed by atoms with E-state index in [0.29, 0.717) is 12.8 Å². The minimum absolute atomic E-state index is 0.233. The van der Waals surface area contributed by atoms with E-state index in [1.54, 1.807) is 0 Å². The van der Waals surface area contributed by atoms with E-state index in [1.165, 1.54) is 0 Å². The Balaban J connectivity index is 1.87. The van der Waals surface area contributed by atoms with Gasteiger partial charge in [-0.3, -0.25) is 0 Å². The van der Waals surface area contributed by atoms with Gasteiger partial charge in [-0.15, -0.1) is 0 Å². The van der Waals surface area contributed by atoms with Crippen LogP contribution in [0, 0.1) is 0 Å². The predicted octanol–water partition coefficient (Wildman–Crippen LogP) is 1.87. The van der Waals surface area contributed by atoms with Gasteiger partial charge >= 0.3 is 5.97 Å². The molecule has 2 aromatic rings. The highest BCUT2D eigenvalue weighted by atomic mass is 16.5. The third kappa shape index (κ3) is 1.78. The first-order chi connectivity index (χ1) is 8.24. The summed E-state index contributed by atoms with van der Waals surface area (Å²) in [7, 11) is 0. The molecular weight excluding hydrogens is 220 g/mol. The highest BCUT2D eigenvalue weighted by molar-refractivity contribution is 5.75. The number of imidazole rings is 1. The number of hydrogen-bond donors (Lipinski definition) is 2. The molecule has 88 valence electrons. The molecule has 2 heterocycles. The van der Waals surface area contributed by atoms with Gasteiger partial charge in [0.05, 0.1) is 11.0 Å². The van der Waals surface area contributed by atoms with E-state index in [2.05, 4.69) is 9.97 Å². The molecule has 0 bridgehead atoms. The maximum absolute atomic E-state index is 10.8. The molecule has 1 aliphatic heterocycles. The Morgan fingerprint density at radius 3 is 2.94 bits per heavy atom. The first-order valence-corrected chi connectivity index (χ1v) is 5.57. The van der Waals surface area contributed by atoms with Crippen LogP contribution in [-0.2, 0) is 9.53 Å². The fraction of sp³-hybridized carbons (Fsp3) is 0.333. The summed E-state index contributed by atoms with van der Waals surface area (Å²) in [5.74, 6) is -0.182. The van der Waals surface area contributed by atoms with Gasteiger partial charge in [-0.05, 0) is 25.0 Å². The lowest BCUT2D eigenvalue weighted by atomic mass is 10.2. The van der Waals surface area contributed by atoms with Gasteiger partial charge in [-0.2, -0.15) is 0 Å². The largest absolute Gasteiger partial charge is 0.479 e. The zero-order valence-electron chi connectivity index (χ0n) is 9.09. The van der Waals surface area contributed by atoms with Crippen molar-refractivity contribution in [2.24, 2.45) is 0 Å². The third-order valence-electron chi connectivity index (χ3n) is 3.01. The zero-order valence-corrected chi connectivity index (χ0v) is 9.09. The number of aromatic nitrogens is 2. The van der Waals surface area contributed by atoms with Crippen molar-refractivity contribution >= 4 is 17.0 Å². The SMILES string of the molecule is O=C(O)C1CCC(c2nc3ccccc3[nH]2)O1. The molecule has 0 spiro atoms. The van der Waals surface area contributed by atoms with Crippen LogP contribution in [0.3, 0.4) is 0 Å². The molecule has 2 N–H and O–H groups in total. The number of H-pyrrole nitrogens is 1. The molecule has 0 amide bonds. The Kier molecular flexibility index (Phi) is 2.33. The summed E-state index contributed by atoms with van der Waals surface area (Å²) in [6.07, 6.45) is 0.296. The van der Waals surface area contributed by atoms with Crippen molar-refractivity contribution in [2.45, 2.75) is 25.0 Å². The molecule has 0 saturated carbocycles. The van der Waals surface area contributed by atoms with E-state index in [4.69, 9.17) is 9.84 Å². The average Bonchev–Trinajstić information content (AvgIpc) is 2.95. The smallest absolute Gasteiger partial charge is 0.332 e. The Morgan fingerprint density at radius 2 is 2.24 bits per heavy atom. The minimum atomic E-state index is -0.899. The molecule has 5 heteroatoms. The molecular formula is C12H12N2O3. The van der Waals surface area contributed by atoms with Crippen molar-refractivity contribution in [3.8, 4) is 0 Å². The van der Waals surface area contributed by atoms with Crippen LogP contribution in [0.5, 0.6) is 0 Å². The van der Waals surface area contributed by atoms with Crippen LogP contribution in [0.2, 0.25) is 0 Å². The Bertz CT molecular complexity index is 531. The van der Waals surface area contributed by atoms with Gasteiger partial charge in [0.1, 0.15) is 11.9 Å². The van der Waals surface area contributed by atoms with Crippen molar-refractivity contribution < 1.29 is 14.6 Å². The summed E-state index contributed by atoms with van der Waals surface area (Å²) in [5, 5.41) is 8.86. The Hall–Kier alpha value is -1.88. The second kappa shape index (κ2) is 3.85. The zero-order chi connectivity index (χ0) is 11.8. The molecule has 2 atom stereocenters. The number of carboxylic acid groups (broad SMARTS) is 1. The fourth-order valence-corrected chi connectivity index (χ4v) is 2.14. The summed E-state index contributed by atoms with van der Waals surface area (Å²) >= 11 is 0. The van der Waals surface area contributed by atoms with Crippen molar-refractivity contribution in [1.82, 2.24) is 9.97 Å². The molecule has 1 aliphatic rings. The van der Waals surface area contributed by atoms with E-state index in [9.17, 15) is 4.79 Å². The van der Waals surface area contributed by atoms with Gasteiger partial charge in [0.25, 0.3) is 0 Å². The molecule has 2 unspecified atom stereocenters. The second-order valence-electron chi connectivity index (χ2n) is 4.17. The van der Waals surface area contributed by atoms with Gasteiger partial charge in [-0.1, -0.05) is 12.1 Å². The fourth-order valence-electron chi connectivity index (χ4n) is 2.14. The van der Waals surface area contributed by atoms with Crippen molar-refractivity contribution in [3.05, 3.63) is 30.1 Å². The van der Waals surface area contributed by atoms with Gasteiger partial charge in [0, 0.05) is 0 Å². The van der Waals surface area contributed by atoms with E-state index in [1.807, 2.05) is 24.3 Å². The van der Waals surface area contributed by atoms with E-state index in [-0.39, 0.29) is 6.10 Å². The lowest BCUT2D eigenvalue weighted by Crippen LogP contribution is -2.18. The molecule has 5 nitrogen and oxygen atoms in total. The van der Waals surface area contributed by atoms with E-state index < -0.39 is 12.1 Å². The van der Waals surface area contributed by atoms with Gasteiger partial charge in [0.15, 0.2) is 6.10 Å². The monoisotopic (exact) mass is 232 g/mol. The molecule has 0 radical (unpaired) electrons. The predicted molar refractivity (Wildman–Crippen MR) is 60.6 cm³/mol. The minimum Gasteiger partial charge on any atom is -0.479 e. The number of fused-ring (bicyclic) bond motifs is 1. The average molecular weight is 232 g/mol. The number of nitrogens with zero attached hydrogens (tertiary/aromatic N) is 1. The van der Waals surface area contributed by atoms with E-state index >= 15 is 0 Å². The highest BCUT2D eigenvalue weighted by Crippen LogP contribution is 2.32. The first kappa shape index (κ1) is 10.3. The number of rotatable bonds is 2. The van der Waals surface area contributed by atoms with Crippen LogP contribution in [0.4, 0.5) is 0 Å². The van der Waals surface area contributed by atoms with Gasteiger partial charge in [-0.25, -0.2) is 9.78 Å². The molecule has 0 aliphatic carbocycles. The molecule has 1 fully saturated rings. The number of benzene rings is 1. The number of carbonyl (C=O) groups is 1. The number of hydrogen-bond acceptors (Lipinski definition) is 3. The van der Waals surface area contributed by atoms with Crippen LogP contribution >= 0.6 is 0 Å². The normalized spacial score (nSPS) is 24.2. The maximum Gasteiger partial charge on any atom is 0.332 e. The van der Waals surface area contributed by atoms with Gasteiger partial charge in [0.2, 0.25) is 0 Å². The molecule has 3 rings (SSSR count). The number of aliphatic carboxylic acids is 1. The standard InChI is InChI=1S/C12H12N2O3/c15-12(16)10-6-5-9(17-10)11-13-7-3-1-2-4-8(7)14-11/h1-4,9-10H,5-6H2,(H,13,14)(H,15,16). The lowest BCUT2D eigenvalue weighted by Gasteiger charge is -2.07. The number of ether oxygens (including phenoxy) is 1. The number of nitrogens with one attached hydrogen (secondary N) is 1. The molecule has 1 saturated heterocycles. The number of para-hydroxylation sites is 2. The molecule has 1 aromatic carbocycles. The van der Waals surface area contributed by atoms with Crippen molar-refractivity contribution in [3.63, 3.8) is 0 Å². The summed E-state index contributed by atoms with van der Waals surface area (Å²) in [5.41, 5.74) is 1.83. The summed E-state index contributed by atoms with van der Waals surface area (Å²) in [4.78, 5) is 18.4. The number of carboxylic acids is 1. The quantitative estimate of drug-likeness (QED) is 0.828. The third-order valence-corrected chi connectivity index (χ3v) is 3.01. The van der Waals surface area contributed by atoms with Crippen LogP contribution in [-0.4, -0.2) is 27.1 Å². The highest BCUT2D eigenvalue weighted by Gasteiger charge is 2.32. The maximum atomic E-state index is 10.8. The molecule has 17 heavy (non-hydrogen) atoms. The summed E-state index contributed by atoms with van der Waals surface area (Å²) < 4.78 is 5.45. The number of aromatic amines is 1. The van der Waals surface area contributed by atoms with Crippen LogP contribution in [0.15, 0.2) is 24.3 Å². The summed E-state index contributed by atoms with van der Waals surface area (Å²) in [6.45, 7) is 0. The van der Waals surface area contributed by atoms with E-state index in [0.717, 1.165) is 16.9 Å². The van der Waals surface area contributed by atoms with Crippen molar-refractivity contribution in [1.29, 1.82) is 0 Å². The second-order valence-corrected chi connectivity index (χ2v) is 4.17. The Morgan fingerprint density at radius 1 is 1.41 bits per heavy atom. The molecule has 1 aromatic heterocycles. The Labute approximate surface area is 97.4 Å². The lowest BCUT2D eigenvalue weighted by molar-refractivity contribution is -0.149.